The van der Waals surface area contributed by atoms with E-state index in [4.69, 9.17) is 4.74 Å². The van der Waals surface area contributed by atoms with Crippen LogP contribution >= 0.6 is 0 Å². The molecule has 0 radical (unpaired) electrons. The van der Waals surface area contributed by atoms with Crippen molar-refractivity contribution in [2.45, 2.75) is 95.1 Å². The summed E-state index contributed by atoms with van der Waals surface area (Å²) in [7, 11) is -3.65. The van der Waals surface area contributed by atoms with Crippen LogP contribution in [0.15, 0.2) is 36.4 Å². The van der Waals surface area contributed by atoms with Crippen molar-refractivity contribution in [2.24, 2.45) is 0 Å². The van der Waals surface area contributed by atoms with Crippen LogP contribution in [0.4, 0.5) is 4.39 Å². The van der Waals surface area contributed by atoms with Gasteiger partial charge in [-0.1, -0.05) is 39.0 Å². The van der Waals surface area contributed by atoms with Gasteiger partial charge >= 0.3 is 0 Å². The molecule has 34 heavy (non-hydrogen) atoms. The van der Waals surface area contributed by atoms with Crippen molar-refractivity contribution >= 4 is 10.0 Å². The lowest BCUT2D eigenvalue weighted by Gasteiger charge is -2.33. The molecular weight excluding hydrogens is 453 g/mol. The topological polar surface area (TPSA) is 75.6 Å². The van der Waals surface area contributed by atoms with Crippen LogP contribution in [0.5, 0.6) is 5.75 Å². The minimum Gasteiger partial charge on any atom is -0.490 e. The molecule has 2 saturated carbocycles. The average Bonchev–Trinajstić information content (AvgIpc) is 3.35. The highest BCUT2D eigenvalue weighted by atomic mass is 32.2. The third kappa shape index (κ3) is 4.75. The Morgan fingerprint density at radius 1 is 1.18 bits per heavy atom. The normalized spacial score (nSPS) is 19.2. The number of hydrogen-bond acceptors (Lipinski definition) is 4. The molecule has 0 amide bonds. The van der Waals surface area contributed by atoms with Crippen LogP contribution in [0.3, 0.4) is 0 Å². The van der Waals surface area contributed by atoms with E-state index in [1.165, 1.54) is 6.07 Å². The fraction of sp³-hybridized carbons (Fsp3) is 0.556. The zero-order valence-electron chi connectivity index (χ0n) is 20.5. The molecule has 186 valence electrons. The van der Waals surface area contributed by atoms with Crippen molar-refractivity contribution in [3.05, 3.63) is 53.3 Å². The van der Waals surface area contributed by atoms with Crippen molar-refractivity contribution < 1.29 is 22.7 Å². The maximum atomic E-state index is 14.7. The van der Waals surface area contributed by atoms with Gasteiger partial charge in [-0.15, -0.1) is 0 Å². The van der Waals surface area contributed by atoms with E-state index < -0.39 is 26.4 Å². The minimum absolute atomic E-state index is 0.132. The van der Waals surface area contributed by atoms with Crippen molar-refractivity contribution in [3.63, 3.8) is 0 Å². The van der Waals surface area contributed by atoms with Crippen LogP contribution in [0.1, 0.15) is 77.3 Å². The second-order valence-electron chi connectivity index (χ2n) is 10.6. The van der Waals surface area contributed by atoms with Crippen molar-refractivity contribution in [1.29, 1.82) is 0 Å². The van der Waals surface area contributed by atoms with Crippen LogP contribution in [-0.2, 0) is 21.9 Å². The number of ether oxygens (including phenoxy) is 1. The number of nitrogens with one attached hydrogen (secondary N) is 1. The van der Waals surface area contributed by atoms with Gasteiger partial charge in [0, 0.05) is 11.0 Å². The molecule has 2 fully saturated rings. The highest BCUT2D eigenvalue weighted by molar-refractivity contribution is 7.91. The van der Waals surface area contributed by atoms with Gasteiger partial charge in [-0.05, 0) is 86.8 Å². The Morgan fingerprint density at radius 2 is 1.85 bits per heavy atom. The predicted octanol–water partition coefficient (Wildman–Crippen LogP) is 5.44. The first-order valence-electron chi connectivity index (χ1n) is 12.3. The van der Waals surface area contributed by atoms with Crippen molar-refractivity contribution in [1.82, 2.24) is 4.72 Å². The Balaban J connectivity index is 1.74. The van der Waals surface area contributed by atoms with Crippen LogP contribution in [-0.4, -0.2) is 30.6 Å². The summed E-state index contributed by atoms with van der Waals surface area (Å²) in [5, 5.41) is 11.0. The number of benzene rings is 2. The molecule has 2 N–H and O–H groups in total. The molecule has 0 spiro atoms. The number of rotatable bonds is 9. The zero-order valence-corrected chi connectivity index (χ0v) is 21.3. The Hall–Kier alpha value is -1.96. The summed E-state index contributed by atoms with van der Waals surface area (Å²) in [4.78, 5) is 0. The average molecular weight is 490 g/mol. The summed E-state index contributed by atoms with van der Waals surface area (Å²) in [5.41, 5.74) is 1.94. The van der Waals surface area contributed by atoms with E-state index in [0.717, 1.165) is 42.4 Å². The second kappa shape index (κ2) is 9.25. The highest BCUT2D eigenvalue weighted by Gasteiger charge is 2.51. The lowest BCUT2D eigenvalue weighted by molar-refractivity contribution is 0.0891. The standard InChI is InChI=1S/C27H36FNO4S/c1-5-20-21(11-8-12-23(20)28)22-17-18(13-14-24(22)33-19-9-6-7-10-19)26(2,3)25(30)29-34(31,32)27(4)15-16-27/h8,11-14,17,19,25,29-30H,5-7,9-10,15-16H2,1-4H3. The van der Waals surface area contributed by atoms with E-state index in [0.29, 0.717) is 30.6 Å². The Labute approximate surface area is 202 Å². The minimum atomic E-state index is -3.65. The lowest BCUT2D eigenvalue weighted by Crippen LogP contribution is -2.50. The molecule has 2 aromatic carbocycles. The van der Waals surface area contributed by atoms with E-state index in [1.54, 1.807) is 26.8 Å². The largest absolute Gasteiger partial charge is 0.490 e. The summed E-state index contributed by atoms with van der Waals surface area (Å²) in [6.07, 6.45) is 4.78. The van der Waals surface area contributed by atoms with E-state index in [2.05, 4.69) is 4.72 Å². The van der Waals surface area contributed by atoms with Crippen LogP contribution in [0.2, 0.25) is 0 Å². The van der Waals surface area contributed by atoms with E-state index in [-0.39, 0.29) is 11.9 Å². The second-order valence-corrected chi connectivity index (χ2v) is 12.8. The maximum Gasteiger partial charge on any atom is 0.219 e. The first-order valence-corrected chi connectivity index (χ1v) is 13.8. The molecule has 7 heteroatoms. The summed E-state index contributed by atoms with van der Waals surface area (Å²) < 4.78 is 48.2. The molecule has 2 aliphatic rings. The number of aliphatic hydroxyl groups excluding tert-OH is 1. The first kappa shape index (κ1) is 25.1. The number of hydrogen-bond donors (Lipinski definition) is 2. The molecular formula is C27H36FNO4S. The molecule has 2 aromatic rings. The maximum absolute atomic E-state index is 14.7. The summed E-state index contributed by atoms with van der Waals surface area (Å²) in [6, 6.07) is 10.7. The summed E-state index contributed by atoms with van der Waals surface area (Å²) >= 11 is 0. The Morgan fingerprint density at radius 3 is 2.47 bits per heavy atom. The number of sulfonamides is 1. The first-order chi connectivity index (χ1) is 16.0. The monoisotopic (exact) mass is 489 g/mol. The van der Waals surface area contributed by atoms with Gasteiger partial charge in [0.25, 0.3) is 0 Å². The fourth-order valence-corrected chi connectivity index (χ4v) is 6.15. The fourth-order valence-electron chi connectivity index (χ4n) is 4.64. The summed E-state index contributed by atoms with van der Waals surface area (Å²) in [6.45, 7) is 7.22. The highest BCUT2D eigenvalue weighted by Crippen LogP contribution is 2.44. The Bertz CT molecular complexity index is 1150. The molecule has 0 saturated heterocycles. The van der Waals surface area contributed by atoms with Crippen LogP contribution < -0.4 is 9.46 Å². The smallest absolute Gasteiger partial charge is 0.219 e. The zero-order chi connectivity index (χ0) is 24.7. The molecule has 4 rings (SSSR count). The van der Waals surface area contributed by atoms with Gasteiger partial charge in [0.2, 0.25) is 10.0 Å². The van der Waals surface area contributed by atoms with Gasteiger partial charge in [-0.3, -0.25) is 0 Å². The quantitative estimate of drug-likeness (QED) is 0.460. The molecule has 2 aliphatic carbocycles. The molecule has 5 nitrogen and oxygen atoms in total. The van der Waals surface area contributed by atoms with E-state index >= 15 is 0 Å². The Kier molecular flexibility index (Phi) is 6.84. The van der Waals surface area contributed by atoms with Crippen molar-refractivity contribution in [2.75, 3.05) is 0 Å². The summed E-state index contributed by atoms with van der Waals surface area (Å²) in [5.74, 6) is 0.425. The van der Waals surface area contributed by atoms with Gasteiger partial charge in [0.1, 0.15) is 17.8 Å². The molecule has 1 unspecified atom stereocenters. The third-order valence-electron chi connectivity index (χ3n) is 7.64. The number of aliphatic hydroxyl groups is 1. The lowest BCUT2D eigenvalue weighted by atomic mass is 9.81. The number of halogens is 1. The van der Waals surface area contributed by atoms with Gasteiger partial charge in [-0.2, -0.15) is 4.72 Å². The van der Waals surface area contributed by atoms with E-state index in [9.17, 15) is 17.9 Å². The third-order valence-corrected chi connectivity index (χ3v) is 9.87. The molecule has 0 heterocycles. The van der Waals surface area contributed by atoms with Gasteiger partial charge < -0.3 is 9.84 Å². The van der Waals surface area contributed by atoms with Gasteiger partial charge in [-0.25, -0.2) is 12.8 Å². The SMILES string of the molecule is CCc1c(F)cccc1-c1cc(C(C)(C)C(O)NS(=O)(=O)C2(C)CC2)ccc1OC1CCCC1. The predicted molar refractivity (Wildman–Crippen MR) is 133 cm³/mol. The molecule has 0 aromatic heterocycles. The van der Waals surface area contributed by atoms with Gasteiger partial charge in [0.05, 0.1) is 10.9 Å². The molecule has 1 atom stereocenters. The van der Waals surface area contributed by atoms with Crippen molar-refractivity contribution in [3.8, 4) is 16.9 Å². The van der Waals surface area contributed by atoms with Crippen LogP contribution in [0, 0.1) is 5.82 Å². The molecule has 0 aliphatic heterocycles. The van der Waals surface area contributed by atoms with Gasteiger partial charge in [0.15, 0.2) is 0 Å². The van der Waals surface area contributed by atoms with E-state index in [1.807, 2.05) is 31.2 Å². The van der Waals surface area contributed by atoms with Crippen LogP contribution in [0.25, 0.3) is 11.1 Å². The molecule has 0 bridgehead atoms.